The second-order valence-electron chi connectivity index (χ2n) is 5.62. The molecule has 0 saturated carbocycles. The fourth-order valence-corrected chi connectivity index (χ4v) is 7.92. The predicted molar refractivity (Wildman–Crippen MR) is 99.6 cm³/mol. The molecule has 23 heavy (non-hydrogen) atoms. The average Bonchev–Trinajstić information content (AvgIpc) is 3.11. The molecule has 0 aliphatic carbocycles. The van der Waals surface area contributed by atoms with Crippen LogP contribution in [-0.2, 0) is 18.9 Å². The number of rotatable bonds is 3. The summed E-state index contributed by atoms with van der Waals surface area (Å²) in [5.41, 5.74) is 0.160. The lowest BCUT2D eigenvalue weighted by atomic mass is 10.1. The van der Waals surface area contributed by atoms with E-state index >= 15 is 0 Å². The first-order valence-electron chi connectivity index (χ1n) is 7.81. The van der Waals surface area contributed by atoms with Crippen molar-refractivity contribution in [3.63, 3.8) is 0 Å². The molecule has 0 spiro atoms. The molecular weight excluding hydrogens is 372 g/mol. The fourth-order valence-electron chi connectivity index (χ4n) is 2.90. The van der Waals surface area contributed by atoms with Crippen molar-refractivity contribution in [3.05, 3.63) is 22.8 Å². The first-order valence-corrected chi connectivity index (χ1v) is 11.7. The molecule has 128 valence electrons. The quantitative estimate of drug-likeness (QED) is 0.717. The number of hydrogen-bond donors (Lipinski definition) is 0. The summed E-state index contributed by atoms with van der Waals surface area (Å²) in [5.74, 6) is 3.17. The molecular formula is C15H20O4S4. The molecule has 0 aromatic heterocycles. The normalized spacial score (nSPS) is 41.4. The van der Waals surface area contributed by atoms with Crippen molar-refractivity contribution in [2.45, 2.75) is 33.9 Å². The lowest BCUT2D eigenvalue weighted by Gasteiger charge is -2.43. The number of thioether (sulfide) groups is 4. The summed E-state index contributed by atoms with van der Waals surface area (Å²) < 4.78 is 23.9. The van der Waals surface area contributed by atoms with E-state index in [1.165, 1.54) is 0 Å². The third-order valence-corrected chi connectivity index (χ3v) is 9.26. The molecule has 0 aromatic carbocycles. The van der Waals surface area contributed by atoms with Gasteiger partial charge >= 0.3 is 0 Å². The van der Waals surface area contributed by atoms with Gasteiger partial charge in [0.05, 0.1) is 12.9 Å². The Bertz CT molecular complexity index is 454. The molecule has 8 heteroatoms. The molecule has 0 aromatic rings. The van der Waals surface area contributed by atoms with Gasteiger partial charge in [-0.25, -0.2) is 0 Å². The van der Waals surface area contributed by atoms with Crippen LogP contribution in [0.5, 0.6) is 0 Å². The summed E-state index contributed by atoms with van der Waals surface area (Å²) in [4.78, 5) is 0. The minimum Gasteiger partial charge on any atom is -0.465 e. The van der Waals surface area contributed by atoms with E-state index in [0.29, 0.717) is 6.61 Å². The Morgan fingerprint density at radius 1 is 1.00 bits per heavy atom. The van der Waals surface area contributed by atoms with E-state index in [0.717, 1.165) is 43.3 Å². The van der Waals surface area contributed by atoms with Crippen molar-refractivity contribution in [1.82, 2.24) is 0 Å². The Balaban J connectivity index is 1.54. The SMILES string of the molecule is C1=CSC=C(C2OCC(C3OCCCS3)(C3OCCCS3)S2)O1. The van der Waals surface area contributed by atoms with Gasteiger partial charge < -0.3 is 18.9 Å². The molecule has 4 rings (SSSR count). The van der Waals surface area contributed by atoms with Crippen LogP contribution in [0.1, 0.15) is 12.8 Å². The summed E-state index contributed by atoms with van der Waals surface area (Å²) in [7, 11) is 0. The second kappa shape index (κ2) is 7.85. The standard InChI is InChI=1S/C15H20O4S4/c1-3-17-13(21-6-1)15(14-18-4-2-7-22-14)10-19-12(23-15)11-9-20-8-5-16-11/h5,8-9,12-14H,1-4,6-7,10H2. The highest BCUT2D eigenvalue weighted by Crippen LogP contribution is 2.54. The van der Waals surface area contributed by atoms with Crippen molar-refractivity contribution in [3.8, 4) is 0 Å². The van der Waals surface area contributed by atoms with Crippen LogP contribution in [0.3, 0.4) is 0 Å². The number of ether oxygens (including phenoxy) is 4. The zero-order valence-electron chi connectivity index (χ0n) is 12.7. The summed E-state index contributed by atoms with van der Waals surface area (Å²) in [6.07, 6.45) is 3.97. The van der Waals surface area contributed by atoms with Crippen molar-refractivity contribution in [1.29, 1.82) is 0 Å². The van der Waals surface area contributed by atoms with Gasteiger partial charge in [-0.15, -0.1) is 35.3 Å². The van der Waals surface area contributed by atoms with E-state index in [9.17, 15) is 0 Å². The van der Waals surface area contributed by atoms with Gasteiger partial charge in [-0.1, -0.05) is 11.8 Å². The van der Waals surface area contributed by atoms with Gasteiger partial charge in [0.15, 0.2) is 5.44 Å². The van der Waals surface area contributed by atoms with Crippen molar-refractivity contribution in [2.75, 3.05) is 31.3 Å². The van der Waals surface area contributed by atoms with Crippen LogP contribution in [0.2, 0.25) is 0 Å². The fraction of sp³-hybridized carbons (Fsp3) is 0.733. The summed E-state index contributed by atoms with van der Waals surface area (Å²) in [6.45, 7) is 2.31. The van der Waals surface area contributed by atoms with Crippen LogP contribution in [0.4, 0.5) is 0 Å². The second-order valence-corrected chi connectivity index (χ2v) is 10.2. The average molecular weight is 393 g/mol. The molecule has 0 bridgehead atoms. The Hall–Kier alpha value is 0.560. The molecule has 0 N–H and O–H groups in total. The third kappa shape index (κ3) is 3.59. The smallest absolute Gasteiger partial charge is 0.162 e. The Kier molecular flexibility index (Phi) is 5.80. The molecule has 4 heterocycles. The largest absolute Gasteiger partial charge is 0.465 e. The highest BCUT2D eigenvalue weighted by molar-refractivity contribution is 8.07. The van der Waals surface area contributed by atoms with Crippen LogP contribution < -0.4 is 0 Å². The first-order chi connectivity index (χ1) is 11.4. The predicted octanol–water partition coefficient (Wildman–Crippen LogP) is 3.85. The Morgan fingerprint density at radius 3 is 2.30 bits per heavy atom. The molecule has 4 nitrogen and oxygen atoms in total. The highest BCUT2D eigenvalue weighted by atomic mass is 32.2. The van der Waals surface area contributed by atoms with E-state index in [2.05, 4.69) is 0 Å². The summed E-state index contributed by atoms with van der Waals surface area (Å²) in [6, 6.07) is 0. The topological polar surface area (TPSA) is 36.9 Å². The van der Waals surface area contributed by atoms with Crippen molar-refractivity contribution < 1.29 is 18.9 Å². The maximum absolute atomic E-state index is 6.15. The summed E-state index contributed by atoms with van der Waals surface area (Å²) in [5, 5.41) is 3.95. The lowest BCUT2D eigenvalue weighted by molar-refractivity contribution is -0.00899. The number of hydrogen-bond acceptors (Lipinski definition) is 8. The maximum atomic E-state index is 6.15. The van der Waals surface area contributed by atoms with Gasteiger partial charge in [0.25, 0.3) is 0 Å². The van der Waals surface area contributed by atoms with Gasteiger partial charge in [0.1, 0.15) is 21.4 Å². The first kappa shape index (κ1) is 17.0. The van der Waals surface area contributed by atoms with E-state index in [1.54, 1.807) is 18.0 Å². The van der Waals surface area contributed by atoms with Crippen molar-refractivity contribution >= 4 is 47.0 Å². The van der Waals surface area contributed by atoms with E-state index < -0.39 is 0 Å². The van der Waals surface area contributed by atoms with E-state index in [1.807, 2.05) is 46.1 Å². The monoisotopic (exact) mass is 392 g/mol. The maximum Gasteiger partial charge on any atom is 0.162 e. The zero-order chi connectivity index (χ0) is 15.5. The minimum atomic E-state index is -0.170. The van der Waals surface area contributed by atoms with E-state index in [-0.39, 0.29) is 21.1 Å². The minimum absolute atomic E-state index is 0.0790. The van der Waals surface area contributed by atoms with Gasteiger partial charge in [-0.05, 0) is 24.3 Å². The molecule has 4 aliphatic rings. The molecule has 3 fully saturated rings. The third-order valence-electron chi connectivity index (χ3n) is 3.99. The van der Waals surface area contributed by atoms with Crippen LogP contribution in [0.25, 0.3) is 0 Å². The van der Waals surface area contributed by atoms with Crippen LogP contribution in [0.15, 0.2) is 22.8 Å². The van der Waals surface area contributed by atoms with Gasteiger partial charge in [-0.2, -0.15) is 0 Å². The van der Waals surface area contributed by atoms with E-state index in [4.69, 9.17) is 18.9 Å². The Labute approximate surface area is 153 Å². The molecule has 3 atom stereocenters. The van der Waals surface area contributed by atoms with Gasteiger partial charge in [-0.3, -0.25) is 0 Å². The Morgan fingerprint density at radius 2 is 1.74 bits per heavy atom. The van der Waals surface area contributed by atoms with Crippen LogP contribution in [-0.4, -0.2) is 52.4 Å². The zero-order valence-corrected chi connectivity index (χ0v) is 15.9. The lowest BCUT2D eigenvalue weighted by Crippen LogP contribution is -2.52. The molecule has 3 saturated heterocycles. The molecule has 4 aliphatic heterocycles. The molecule has 3 unspecified atom stereocenters. The molecule has 0 radical (unpaired) electrons. The van der Waals surface area contributed by atoms with Crippen LogP contribution in [0, 0.1) is 0 Å². The van der Waals surface area contributed by atoms with Gasteiger partial charge in [0.2, 0.25) is 0 Å². The van der Waals surface area contributed by atoms with Crippen LogP contribution >= 0.6 is 47.0 Å². The van der Waals surface area contributed by atoms with Gasteiger partial charge in [0, 0.05) is 24.0 Å². The highest BCUT2D eigenvalue weighted by Gasteiger charge is 2.56. The summed E-state index contributed by atoms with van der Waals surface area (Å²) >= 11 is 7.26. The molecule has 0 amide bonds. The van der Waals surface area contributed by atoms with Crippen molar-refractivity contribution in [2.24, 2.45) is 0 Å².